The SMILES string of the molecule is CC(C)(C)OC(=O)N1CCCC(NCc2sccc2Br)C1. The predicted molar refractivity (Wildman–Crippen MR) is 89.7 cm³/mol. The Balaban J connectivity index is 1.83. The minimum absolute atomic E-state index is 0.202. The van der Waals surface area contributed by atoms with E-state index in [4.69, 9.17) is 4.74 Å². The van der Waals surface area contributed by atoms with Crippen LogP contribution in [0.1, 0.15) is 38.5 Å². The van der Waals surface area contributed by atoms with Crippen LogP contribution in [0.25, 0.3) is 0 Å². The third-order valence-corrected chi connectivity index (χ3v) is 5.24. The number of rotatable bonds is 3. The summed E-state index contributed by atoms with van der Waals surface area (Å²) in [5, 5.41) is 5.62. The molecule has 0 bridgehead atoms. The highest BCUT2D eigenvalue weighted by molar-refractivity contribution is 9.10. The maximum absolute atomic E-state index is 12.1. The zero-order valence-electron chi connectivity index (χ0n) is 12.8. The van der Waals surface area contributed by atoms with E-state index in [0.29, 0.717) is 6.04 Å². The van der Waals surface area contributed by atoms with Crippen LogP contribution < -0.4 is 5.32 Å². The van der Waals surface area contributed by atoms with Crippen LogP contribution in [0.15, 0.2) is 15.9 Å². The number of nitrogens with zero attached hydrogens (tertiary/aromatic N) is 1. The Morgan fingerprint density at radius 1 is 1.57 bits per heavy atom. The first-order chi connectivity index (χ1) is 9.85. The fourth-order valence-electron chi connectivity index (χ4n) is 2.32. The quantitative estimate of drug-likeness (QED) is 0.868. The van der Waals surface area contributed by atoms with Crippen LogP contribution in [0.2, 0.25) is 0 Å². The number of carbonyl (C=O) groups is 1. The Hall–Kier alpha value is -0.590. The molecular weight excluding hydrogens is 352 g/mol. The van der Waals surface area contributed by atoms with Crippen molar-refractivity contribution in [2.75, 3.05) is 13.1 Å². The smallest absolute Gasteiger partial charge is 0.410 e. The Labute approximate surface area is 139 Å². The molecule has 0 saturated carbocycles. The molecule has 1 saturated heterocycles. The lowest BCUT2D eigenvalue weighted by Gasteiger charge is -2.34. The van der Waals surface area contributed by atoms with Crippen molar-refractivity contribution in [3.8, 4) is 0 Å². The average Bonchev–Trinajstić information content (AvgIpc) is 2.80. The number of piperidine rings is 1. The molecule has 0 aromatic carbocycles. The van der Waals surface area contributed by atoms with Crippen molar-refractivity contribution < 1.29 is 9.53 Å². The topological polar surface area (TPSA) is 41.6 Å². The molecule has 0 spiro atoms. The number of ether oxygens (including phenoxy) is 1. The van der Waals surface area contributed by atoms with Gasteiger partial charge in [-0.25, -0.2) is 4.79 Å². The van der Waals surface area contributed by atoms with E-state index in [-0.39, 0.29) is 6.09 Å². The van der Waals surface area contributed by atoms with E-state index in [0.717, 1.165) is 36.9 Å². The summed E-state index contributed by atoms with van der Waals surface area (Å²) in [6, 6.07) is 2.40. The van der Waals surface area contributed by atoms with Gasteiger partial charge < -0.3 is 15.0 Å². The van der Waals surface area contributed by atoms with Crippen LogP contribution >= 0.6 is 27.3 Å². The van der Waals surface area contributed by atoms with Gasteiger partial charge in [-0.15, -0.1) is 11.3 Å². The van der Waals surface area contributed by atoms with E-state index in [2.05, 4.69) is 32.7 Å². The summed E-state index contributed by atoms with van der Waals surface area (Å²) in [5.41, 5.74) is -0.431. The molecule has 0 aliphatic carbocycles. The van der Waals surface area contributed by atoms with Gasteiger partial charge in [-0.05, 0) is 61.0 Å². The number of likely N-dealkylation sites (tertiary alicyclic amines) is 1. The van der Waals surface area contributed by atoms with Crippen LogP contribution in [0.4, 0.5) is 4.79 Å². The lowest BCUT2D eigenvalue weighted by molar-refractivity contribution is 0.0187. The minimum Gasteiger partial charge on any atom is -0.444 e. The summed E-state index contributed by atoms with van der Waals surface area (Å²) in [6.07, 6.45) is 1.91. The number of hydrogen-bond acceptors (Lipinski definition) is 4. The molecule has 2 heterocycles. The van der Waals surface area contributed by atoms with Gasteiger partial charge in [0.05, 0.1) is 0 Å². The average molecular weight is 375 g/mol. The fourth-order valence-corrected chi connectivity index (χ4v) is 3.77. The van der Waals surface area contributed by atoms with Gasteiger partial charge >= 0.3 is 6.09 Å². The maximum atomic E-state index is 12.1. The normalized spacial score (nSPS) is 19.6. The Morgan fingerprint density at radius 3 is 2.95 bits per heavy atom. The van der Waals surface area contributed by atoms with Crippen LogP contribution in [-0.4, -0.2) is 35.7 Å². The highest BCUT2D eigenvalue weighted by Gasteiger charge is 2.27. The summed E-state index contributed by atoms with van der Waals surface area (Å²) in [6.45, 7) is 8.05. The number of hydrogen-bond donors (Lipinski definition) is 1. The summed E-state index contributed by atoms with van der Waals surface area (Å²) < 4.78 is 6.60. The first kappa shape index (κ1) is 16.8. The highest BCUT2D eigenvalue weighted by Crippen LogP contribution is 2.23. The fraction of sp³-hybridized carbons (Fsp3) is 0.667. The Morgan fingerprint density at radius 2 is 2.33 bits per heavy atom. The lowest BCUT2D eigenvalue weighted by atomic mass is 10.1. The summed E-state index contributed by atoms with van der Waals surface area (Å²) >= 11 is 5.28. The van der Waals surface area contributed by atoms with E-state index >= 15 is 0 Å². The number of carbonyl (C=O) groups excluding carboxylic acids is 1. The molecular formula is C15H23BrN2O2S. The third kappa shape index (κ3) is 5.27. The molecule has 6 heteroatoms. The van der Waals surface area contributed by atoms with Crippen molar-refractivity contribution >= 4 is 33.4 Å². The second-order valence-electron chi connectivity index (χ2n) is 6.34. The van der Waals surface area contributed by atoms with E-state index in [1.165, 1.54) is 4.88 Å². The van der Waals surface area contributed by atoms with Crippen LogP contribution in [0.3, 0.4) is 0 Å². The van der Waals surface area contributed by atoms with Crippen LogP contribution in [-0.2, 0) is 11.3 Å². The zero-order chi connectivity index (χ0) is 15.5. The first-order valence-corrected chi connectivity index (χ1v) is 8.95. The second kappa shape index (κ2) is 7.11. The molecule has 2 rings (SSSR count). The number of halogens is 1. The first-order valence-electron chi connectivity index (χ1n) is 7.28. The van der Waals surface area contributed by atoms with Gasteiger partial charge in [-0.2, -0.15) is 0 Å². The highest BCUT2D eigenvalue weighted by atomic mass is 79.9. The van der Waals surface area contributed by atoms with Crippen molar-refractivity contribution in [1.29, 1.82) is 0 Å². The zero-order valence-corrected chi connectivity index (χ0v) is 15.2. The molecule has 1 fully saturated rings. The summed E-state index contributed by atoms with van der Waals surface area (Å²) in [7, 11) is 0. The van der Waals surface area contributed by atoms with Gasteiger partial charge in [0.2, 0.25) is 0 Å². The molecule has 1 aliphatic heterocycles. The maximum Gasteiger partial charge on any atom is 0.410 e. The minimum atomic E-state index is -0.431. The largest absolute Gasteiger partial charge is 0.444 e. The Bertz CT molecular complexity index is 484. The third-order valence-electron chi connectivity index (χ3n) is 3.32. The molecule has 1 aliphatic rings. The van der Waals surface area contributed by atoms with Crippen LogP contribution in [0.5, 0.6) is 0 Å². The molecule has 4 nitrogen and oxygen atoms in total. The van der Waals surface area contributed by atoms with Crippen molar-refractivity contribution in [2.24, 2.45) is 0 Å². The number of nitrogens with one attached hydrogen (secondary N) is 1. The molecule has 0 radical (unpaired) electrons. The lowest BCUT2D eigenvalue weighted by Crippen LogP contribution is -2.49. The summed E-state index contributed by atoms with van der Waals surface area (Å²) in [5.74, 6) is 0. The van der Waals surface area contributed by atoms with E-state index < -0.39 is 5.60 Å². The van der Waals surface area contributed by atoms with Gasteiger partial charge in [0.15, 0.2) is 0 Å². The van der Waals surface area contributed by atoms with E-state index in [1.807, 2.05) is 25.7 Å². The van der Waals surface area contributed by atoms with Gasteiger partial charge in [-0.1, -0.05) is 0 Å². The predicted octanol–water partition coefficient (Wildman–Crippen LogP) is 4.00. The molecule has 1 atom stereocenters. The van der Waals surface area contributed by atoms with Gasteiger partial charge in [0.25, 0.3) is 0 Å². The number of thiophene rings is 1. The molecule has 1 amide bonds. The van der Waals surface area contributed by atoms with E-state index in [9.17, 15) is 4.79 Å². The second-order valence-corrected chi connectivity index (χ2v) is 8.19. The van der Waals surface area contributed by atoms with E-state index in [1.54, 1.807) is 11.3 Å². The van der Waals surface area contributed by atoms with Gasteiger partial charge in [-0.3, -0.25) is 0 Å². The molecule has 118 valence electrons. The summed E-state index contributed by atoms with van der Waals surface area (Å²) in [4.78, 5) is 15.2. The van der Waals surface area contributed by atoms with Gasteiger partial charge in [0.1, 0.15) is 5.60 Å². The molecule has 21 heavy (non-hydrogen) atoms. The van der Waals surface area contributed by atoms with Gasteiger partial charge in [0, 0.05) is 35.0 Å². The molecule has 1 aromatic heterocycles. The Kier molecular flexibility index (Phi) is 5.68. The van der Waals surface area contributed by atoms with Crippen molar-refractivity contribution in [3.05, 3.63) is 20.8 Å². The molecule has 1 aromatic rings. The molecule has 1 unspecified atom stereocenters. The number of amides is 1. The van der Waals surface area contributed by atoms with Crippen molar-refractivity contribution in [3.63, 3.8) is 0 Å². The van der Waals surface area contributed by atoms with Crippen molar-refractivity contribution in [1.82, 2.24) is 10.2 Å². The monoisotopic (exact) mass is 374 g/mol. The van der Waals surface area contributed by atoms with Crippen LogP contribution in [0, 0.1) is 0 Å². The van der Waals surface area contributed by atoms with Crippen molar-refractivity contribution in [2.45, 2.75) is 51.8 Å². The molecule has 1 N–H and O–H groups in total. The standard InChI is InChI=1S/C15H23BrN2O2S/c1-15(2,3)20-14(19)18-7-4-5-11(10-18)17-9-13-12(16)6-8-21-13/h6,8,11,17H,4-5,7,9-10H2,1-3H3.